The van der Waals surface area contributed by atoms with E-state index < -0.39 is 0 Å². The van der Waals surface area contributed by atoms with Crippen molar-refractivity contribution in [2.75, 3.05) is 25.0 Å². The molecule has 2 rings (SSSR count). The Morgan fingerprint density at radius 1 is 1.38 bits per heavy atom. The lowest BCUT2D eigenvalue weighted by molar-refractivity contribution is -0.118. The fourth-order valence-corrected chi connectivity index (χ4v) is 2.72. The minimum atomic E-state index is -0.107. The number of nitrogens with zero attached hydrogens (tertiary/aromatic N) is 1. The fraction of sp³-hybridized carbons (Fsp3) is 0.533. The number of carbonyl (C=O) groups excluding carboxylic acids is 1. The van der Waals surface area contributed by atoms with E-state index in [2.05, 4.69) is 10.2 Å². The molecule has 0 aliphatic heterocycles. The molecule has 116 valence electrons. The molecule has 0 aromatic heterocycles. The van der Waals surface area contributed by atoms with Crippen LogP contribution in [-0.4, -0.2) is 41.7 Å². The Morgan fingerprint density at radius 3 is 2.76 bits per heavy atom. The number of hydrogen-bond donors (Lipinski definition) is 2. The third-order valence-corrected chi connectivity index (χ3v) is 4.31. The van der Waals surface area contributed by atoms with Crippen molar-refractivity contribution >= 4 is 34.8 Å². The molecule has 1 aromatic rings. The Morgan fingerprint density at radius 2 is 2.14 bits per heavy atom. The monoisotopic (exact) mass is 330 g/mol. The van der Waals surface area contributed by atoms with Gasteiger partial charge in [0.05, 0.1) is 17.3 Å². The summed E-state index contributed by atoms with van der Waals surface area (Å²) in [4.78, 5) is 14.3. The van der Waals surface area contributed by atoms with E-state index in [1.807, 2.05) is 0 Å². The van der Waals surface area contributed by atoms with E-state index in [0.717, 1.165) is 19.4 Å². The molecule has 0 bridgehead atoms. The second-order valence-electron chi connectivity index (χ2n) is 5.30. The minimum absolute atomic E-state index is 0.107. The zero-order chi connectivity index (χ0) is 15.2. The molecule has 0 saturated heterocycles. The highest BCUT2D eigenvalue weighted by Crippen LogP contribution is 2.27. The van der Waals surface area contributed by atoms with Gasteiger partial charge in [0.1, 0.15) is 0 Å². The number of carbonyl (C=O) groups is 1. The number of nitrogens with one attached hydrogen (secondary N) is 1. The highest BCUT2D eigenvalue weighted by atomic mass is 35.5. The second kappa shape index (κ2) is 7.99. The van der Waals surface area contributed by atoms with Gasteiger partial charge in [-0.15, -0.1) is 0 Å². The van der Waals surface area contributed by atoms with Gasteiger partial charge in [0.25, 0.3) is 0 Å². The van der Waals surface area contributed by atoms with Crippen LogP contribution in [0, 0.1) is 0 Å². The van der Waals surface area contributed by atoms with Crippen LogP contribution in [0.2, 0.25) is 10.0 Å². The van der Waals surface area contributed by atoms with E-state index in [4.69, 9.17) is 28.3 Å². The molecule has 1 saturated carbocycles. The van der Waals surface area contributed by atoms with Gasteiger partial charge < -0.3 is 10.4 Å². The molecule has 0 heterocycles. The van der Waals surface area contributed by atoms with Gasteiger partial charge in [0.2, 0.25) is 5.91 Å². The normalized spacial score (nSPS) is 15.0. The molecule has 1 aromatic carbocycles. The topological polar surface area (TPSA) is 52.6 Å². The van der Waals surface area contributed by atoms with E-state index >= 15 is 0 Å². The van der Waals surface area contributed by atoms with Gasteiger partial charge in [-0.25, -0.2) is 0 Å². The molecule has 1 fully saturated rings. The molecule has 0 spiro atoms. The zero-order valence-electron chi connectivity index (χ0n) is 11.8. The van der Waals surface area contributed by atoms with Crippen molar-refractivity contribution in [1.82, 2.24) is 4.90 Å². The van der Waals surface area contributed by atoms with E-state index in [0.29, 0.717) is 34.7 Å². The Balaban J connectivity index is 1.93. The molecule has 21 heavy (non-hydrogen) atoms. The molecular weight excluding hydrogens is 311 g/mol. The third kappa shape index (κ3) is 4.85. The van der Waals surface area contributed by atoms with Crippen molar-refractivity contribution in [2.24, 2.45) is 0 Å². The number of hydrogen-bond acceptors (Lipinski definition) is 3. The summed E-state index contributed by atoms with van der Waals surface area (Å²) in [5.74, 6) is -0.107. The third-order valence-electron chi connectivity index (χ3n) is 3.74. The first-order chi connectivity index (χ1) is 10.1. The van der Waals surface area contributed by atoms with Crippen molar-refractivity contribution in [3.8, 4) is 0 Å². The van der Waals surface area contributed by atoms with Gasteiger partial charge in [-0.3, -0.25) is 9.69 Å². The number of aliphatic hydroxyl groups excluding tert-OH is 1. The summed E-state index contributed by atoms with van der Waals surface area (Å²) in [7, 11) is 0. The summed E-state index contributed by atoms with van der Waals surface area (Å²) in [5, 5.41) is 12.8. The number of halogens is 2. The maximum absolute atomic E-state index is 12.2. The smallest absolute Gasteiger partial charge is 0.238 e. The number of benzene rings is 1. The zero-order valence-corrected chi connectivity index (χ0v) is 13.3. The van der Waals surface area contributed by atoms with Crippen LogP contribution in [0.25, 0.3) is 0 Å². The van der Waals surface area contributed by atoms with Gasteiger partial charge in [0, 0.05) is 24.2 Å². The van der Waals surface area contributed by atoms with Crippen molar-refractivity contribution in [2.45, 2.75) is 31.7 Å². The molecule has 1 aliphatic rings. The maximum Gasteiger partial charge on any atom is 0.238 e. The van der Waals surface area contributed by atoms with E-state index in [9.17, 15) is 4.79 Å². The first-order valence-corrected chi connectivity index (χ1v) is 7.95. The Kier molecular flexibility index (Phi) is 6.30. The molecule has 4 nitrogen and oxygen atoms in total. The predicted octanol–water partition coefficient (Wildman–Crippen LogP) is 3.17. The minimum Gasteiger partial charge on any atom is -0.396 e. The average molecular weight is 331 g/mol. The summed E-state index contributed by atoms with van der Waals surface area (Å²) in [6.45, 7) is 1.19. The van der Waals surface area contributed by atoms with Crippen LogP contribution in [0.4, 0.5) is 5.69 Å². The van der Waals surface area contributed by atoms with Crippen molar-refractivity contribution < 1.29 is 9.90 Å². The summed E-state index contributed by atoms with van der Waals surface area (Å²) >= 11 is 11.9. The number of aliphatic hydroxyl groups is 1. The quantitative estimate of drug-likeness (QED) is 0.807. The molecule has 0 atom stereocenters. The van der Waals surface area contributed by atoms with Crippen molar-refractivity contribution in [1.29, 1.82) is 0 Å². The van der Waals surface area contributed by atoms with Crippen molar-refractivity contribution in [3.05, 3.63) is 28.2 Å². The standard InChI is InChI=1S/C15H20Cl2N2O2/c16-11-5-6-13(17)14(9-11)18-15(21)10-19(7-2-8-20)12-3-1-4-12/h5-6,9,12,20H,1-4,7-8,10H2,(H,18,21). The first kappa shape index (κ1) is 16.6. The molecule has 1 amide bonds. The lowest BCUT2D eigenvalue weighted by Crippen LogP contribution is -2.45. The number of rotatable bonds is 7. The van der Waals surface area contributed by atoms with Gasteiger partial charge in [0.15, 0.2) is 0 Å². The highest BCUT2D eigenvalue weighted by molar-refractivity contribution is 6.35. The lowest BCUT2D eigenvalue weighted by atomic mass is 9.91. The van der Waals surface area contributed by atoms with Crippen LogP contribution in [0.5, 0.6) is 0 Å². The summed E-state index contributed by atoms with van der Waals surface area (Å²) < 4.78 is 0. The van der Waals surface area contributed by atoms with Gasteiger partial charge >= 0.3 is 0 Å². The largest absolute Gasteiger partial charge is 0.396 e. The van der Waals surface area contributed by atoms with Crippen LogP contribution in [0.3, 0.4) is 0 Å². The van der Waals surface area contributed by atoms with Crippen LogP contribution < -0.4 is 5.32 Å². The number of anilines is 1. The Labute approximate surface area is 135 Å². The Bertz CT molecular complexity index is 493. The van der Waals surface area contributed by atoms with E-state index in [-0.39, 0.29) is 12.5 Å². The fourth-order valence-electron chi connectivity index (χ4n) is 2.38. The molecule has 6 heteroatoms. The summed E-state index contributed by atoms with van der Waals surface area (Å²) in [6.07, 6.45) is 4.14. The van der Waals surface area contributed by atoms with E-state index in [1.165, 1.54) is 6.42 Å². The summed E-state index contributed by atoms with van der Waals surface area (Å²) in [5.41, 5.74) is 0.532. The van der Waals surface area contributed by atoms with Crippen LogP contribution in [0.15, 0.2) is 18.2 Å². The molecule has 1 aliphatic carbocycles. The average Bonchev–Trinajstić information content (AvgIpc) is 2.38. The molecule has 0 radical (unpaired) electrons. The van der Waals surface area contributed by atoms with E-state index in [1.54, 1.807) is 18.2 Å². The van der Waals surface area contributed by atoms with Crippen LogP contribution >= 0.6 is 23.2 Å². The predicted molar refractivity (Wildman–Crippen MR) is 86.0 cm³/mol. The lowest BCUT2D eigenvalue weighted by Gasteiger charge is -2.37. The van der Waals surface area contributed by atoms with Crippen LogP contribution in [0.1, 0.15) is 25.7 Å². The molecule has 0 unspecified atom stereocenters. The summed E-state index contributed by atoms with van der Waals surface area (Å²) in [6, 6.07) is 5.44. The van der Waals surface area contributed by atoms with Gasteiger partial charge in [-0.1, -0.05) is 29.6 Å². The molecule has 2 N–H and O–H groups in total. The van der Waals surface area contributed by atoms with Gasteiger partial charge in [-0.05, 0) is 37.5 Å². The highest BCUT2D eigenvalue weighted by Gasteiger charge is 2.26. The Hall–Kier alpha value is -0.810. The van der Waals surface area contributed by atoms with Gasteiger partial charge in [-0.2, -0.15) is 0 Å². The number of amides is 1. The maximum atomic E-state index is 12.2. The van der Waals surface area contributed by atoms with Crippen LogP contribution in [-0.2, 0) is 4.79 Å². The molecular formula is C15H20Cl2N2O2. The van der Waals surface area contributed by atoms with Crippen molar-refractivity contribution in [3.63, 3.8) is 0 Å². The second-order valence-corrected chi connectivity index (χ2v) is 6.15. The first-order valence-electron chi connectivity index (χ1n) is 7.20. The SMILES string of the molecule is O=C(CN(CCCO)C1CCC1)Nc1cc(Cl)ccc1Cl.